The van der Waals surface area contributed by atoms with E-state index in [9.17, 15) is 9.90 Å². The molecule has 0 amide bonds. The van der Waals surface area contributed by atoms with Crippen molar-refractivity contribution >= 4 is 29.2 Å². The van der Waals surface area contributed by atoms with Gasteiger partial charge in [-0.1, -0.05) is 51.3 Å². The van der Waals surface area contributed by atoms with Crippen LogP contribution in [0, 0.1) is 5.92 Å². The first-order valence-electron chi connectivity index (χ1n) is 7.42. The number of carboxylic acid groups (broad SMARTS) is 1. The normalized spacial score (nSPS) is 26.8. The van der Waals surface area contributed by atoms with E-state index in [2.05, 4.69) is 13.8 Å². The lowest BCUT2D eigenvalue weighted by Gasteiger charge is -2.34. The van der Waals surface area contributed by atoms with E-state index in [0.717, 1.165) is 12.8 Å². The molecule has 0 aromatic rings. The Hall–Kier alpha value is -0.510. The zero-order valence-electron chi connectivity index (χ0n) is 12.8. The monoisotopic (exact) mass is 334 g/mol. The van der Waals surface area contributed by atoms with Crippen LogP contribution in [0.2, 0.25) is 0 Å². The first kappa shape index (κ1) is 18.5. The van der Waals surface area contributed by atoms with Crippen molar-refractivity contribution in [2.75, 3.05) is 0 Å². The Bertz CT molecular complexity index is 418. The predicted octanol–water partition coefficient (Wildman–Crippen LogP) is 4.73. The molecule has 0 fully saturated rings. The average Bonchev–Trinajstić information content (AvgIpc) is 2.39. The fourth-order valence-corrected chi connectivity index (χ4v) is 2.86. The van der Waals surface area contributed by atoms with Crippen LogP contribution in [0.25, 0.3) is 0 Å². The van der Waals surface area contributed by atoms with Crippen molar-refractivity contribution in [1.29, 1.82) is 0 Å². The molecule has 0 spiro atoms. The first-order chi connectivity index (χ1) is 9.78. The third kappa shape index (κ3) is 5.65. The molecular weight excluding hydrogens is 311 g/mol. The van der Waals surface area contributed by atoms with E-state index in [4.69, 9.17) is 27.9 Å². The first-order valence-corrected chi connectivity index (χ1v) is 8.17. The summed E-state index contributed by atoms with van der Waals surface area (Å²) in [4.78, 5) is 10.6. The number of hydrogen-bond acceptors (Lipinski definition) is 2. The third-order valence-electron chi connectivity index (χ3n) is 3.66. The molecule has 0 aromatic carbocycles. The Morgan fingerprint density at radius 2 is 2.14 bits per heavy atom. The fraction of sp³-hybridized carbons (Fsp3) is 0.688. The predicted molar refractivity (Wildman–Crippen MR) is 86.9 cm³/mol. The molecular formula is C16H24Cl2O3. The minimum atomic E-state index is -0.942. The summed E-state index contributed by atoms with van der Waals surface area (Å²) in [6, 6.07) is 0. The van der Waals surface area contributed by atoms with E-state index in [1.165, 1.54) is 0 Å². The van der Waals surface area contributed by atoms with Gasteiger partial charge in [-0.2, -0.15) is 0 Å². The summed E-state index contributed by atoms with van der Waals surface area (Å²) in [6.07, 6.45) is 6.77. The van der Waals surface area contributed by atoms with Crippen molar-refractivity contribution in [1.82, 2.24) is 0 Å². The van der Waals surface area contributed by atoms with Crippen LogP contribution >= 0.6 is 23.2 Å². The highest BCUT2D eigenvalue weighted by Crippen LogP contribution is 2.35. The van der Waals surface area contributed by atoms with Gasteiger partial charge in [-0.25, -0.2) is 4.79 Å². The molecule has 1 aliphatic rings. The second-order valence-electron chi connectivity index (χ2n) is 5.88. The van der Waals surface area contributed by atoms with Crippen LogP contribution < -0.4 is 0 Å². The maximum absolute atomic E-state index is 11.4. The Morgan fingerprint density at radius 1 is 1.48 bits per heavy atom. The van der Waals surface area contributed by atoms with Crippen LogP contribution in [0.4, 0.5) is 0 Å². The van der Waals surface area contributed by atoms with Crippen molar-refractivity contribution in [3.8, 4) is 0 Å². The summed E-state index contributed by atoms with van der Waals surface area (Å²) in [6.45, 7) is 6.17. The van der Waals surface area contributed by atoms with Crippen LogP contribution in [-0.4, -0.2) is 28.2 Å². The van der Waals surface area contributed by atoms with Crippen LogP contribution in [0.3, 0.4) is 0 Å². The van der Waals surface area contributed by atoms with Gasteiger partial charge in [-0.15, -0.1) is 11.6 Å². The maximum Gasteiger partial charge on any atom is 0.332 e. The zero-order valence-corrected chi connectivity index (χ0v) is 14.3. The molecule has 120 valence electrons. The number of alkyl halides is 1. The van der Waals surface area contributed by atoms with E-state index >= 15 is 0 Å². The molecule has 0 bridgehead atoms. The largest absolute Gasteiger partial charge is 0.479 e. The van der Waals surface area contributed by atoms with E-state index < -0.39 is 23.1 Å². The van der Waals surface area contributed by atoms with Crippen LogP contribution in [0.15, 0.2) is 23.3 Å². The molecule has 0 radical (unpaired) electrons. The minimum absolute atomic E-state index is 0.480. The Balaban J connectivity index is 2.70. The van der Waals surface area contributed by atoms with Gasteiger partial charge in [0.15, 0.2) is 6.10 Å². The van der Waals surface area contributed by atoms with Gasteiger partial charge in [0.1, 0.15) is 0 Å². The maximum atomic E-state index is 11.4. The highest BCUT2D eigenvalue weighted by atomic mass is 35.5. The number of hydrogen-bond donors (Lipinski definition) is 1. The van der Waals surface area contributed by atoms with Gasteiger partial charge in [0, 0.05) is 5.03 Å². The third-order valence-corrected chi connectivity index (χ3v) is 4.48. The van der Waals surface area contributed by atoms with Crippen molar-refractivity contribution in [3.05, 3.63) is 23.3 Å². The topological polar surface area (TPSA) is 46.5 Å². The second kappa shape index (κ2) is 8.21. The summed E-state index contributed by atoms with van der Waals surface area (Å²) in [5.41, 5.74) is 0. The lowest BCUT2D eigenvalue weighted by atomic mass is 9.93. The standard InChI is InChI=1S/C16H24Cl2O3/c1-4-16(18)10-12(17)8-9-14(16)21-13(15(19)20)7-5-6-11(2)3/h8-11,13-14H,4-7H2,1-3H3,(H,19,20). The molecule has 1 aliphatic carbocycles. The summed E-state index contributed by atoms with van der Waals surface area (Å²) in [5.74, 6) is -0.388. The number of allylic oxidation sites excluding steroid dienone is 2. The molecule has 1 rings (SSSR count). The lowest BCUT2D eigenvalue weighted by molar-refractivity contribution is -0.154. The average molecular weight is 335 g/mol. The zero-order chi connectivity index (χ0) is 16.0. The van der Waals surface area contributed by atoms with E-state index in [0.29, 0.717) is 23.8 Å². The Kier molecular flexibility index (Phi) is 7.25. The molecule has 3 nitrogen and oxygen atoms in total. The van der Waals surface area contributed by atoms with E-state index in [1.54, 1.807) is 18.2 Å². The van der Waals surface area contributed by atoms with Gasteiger partial charge in [-0.3, -0.25) is 0 Å². The van der Waals surface area contributed by atoms with Crippen molar-refractivity contribution in [3.63, 3.8) is 0 Å². The second-order valence-corrected chi connectivity index (χ2v) is 7.02. The minimum Gasteiger partial charge on any atom is -0.479 e. The summed E-state index contributed by atoms with van der Waals surface area (Å²) >= 11 is 12.5. The van der Waals surface area contributed by atoms with E-state index in [-0.39, 0.29) is 0 Å². The highest BCUT2D eigenvalue weighted by Gasteiger charge is 2.37. The van der Waals surface area contributed by atoms with Gasteiger partial charge in [0.25, 0.3) is 0 Å². The SMILES string of the molecule is CCC1(Cl)C=C(Cl)C=CC1OC(CCCC(C)C)C(=O)O. The quantitative estimate of drug-likeness (QED) is 0.652. The van der Waals surface area contributed by atoms with Crippen molar-refractivity contribution in [2.45, 2.75) is 63.5 Å². The molecule has 0 aromatic heterocycles. The van der Waals surface area contributed by atoms with E-state index in [1.807, 2.05) is 6.92 Å². The summed E-state index contributed by atoms with van der Waals surface area (Å²) in [7, 11) is 0. The molecule has 21 heavy (non-hydrogen) atoms. The van der Waals surface area contributed by atoms with Gasteiger partial charge in [0.2, 0.25) is 0 Å². The number of rotatable bonds is 8. The summed E-state index contributed by atoms with van der Waals surface area (Å²) < 4.78 is 5.77. The highest BCUT2D eigenvalue weighted by molar-refractivity contribution is 6.33. The van der Waals surface area contributed by atoms with Crippen LogP contribution in [0.1, 0.15) is 46.5 Å². The number of carboxylic acids is 1. The number of halogens is 2. The molecule has 0 saturated heterocycles. The molecule has 0 aliphatic heterocycles. The fourth-order valence-electron chi connectivity index (χ4n) is 2.30. The van der Waals surface area contributed by atoms with Gasteiger partial charge >= 0.3 is 5.97 Å². The van der Waals surface area contributed by atoms with Gasteiger partial charge < -0.3 is 9.84 Å². The molecule has 3 atom stereocenters. The molecule has 3 unspecified atom stereocenters. The molecule has 5 heteroatoms. The van der Waals surface area contributed by atoms with Crippen LogP contribution in [-0.2, 0) is 9.53 Å². The number of carbonyl (C=O) groups is 1. The summed E-state index contributed by atoms with van der Waals surface area (Å²) in [5, 5.41) is 9.88. The number of aliphatic carboxylic acids is 1. The van der Waals surface area contributed by atoms with Gasteiger partial charge in [0.05, 0.1) is 11.0 Å². The lowest BCUT2D eigenvalue weighted by Crippen LogP contribution is -2.41. The smallest absolute Gasteiger partial charge is 0.332 e. The molecule has 0 heterocycles. The van der Waals surface area contributed by atoms with Gasteiger partial charge in [-0.05, 0) is 30.9 Å². The molecule has 0 saturated carbocycles. The number of ether oxygens (including phenoxy) is 1. The Morgan fingerprint density at radius 3 is 2.67 bits per heavy atom. The van der Waals surface area contributed by atoms with Crippen LogP contribution in [0.5, 0.6) is 0 Å². The van der Waals surface area contributed by atoms with Crippen molar-refractivity contribution < 1.29 is 14.6 Å². The Labute approximate surface area is 137 Å². The van der Waals surface area contributed by atoms with Crippen molar-refractivity contribution in [2.24, 2.45) is 5.92 Å². The molecule has 1 N–H and O–H groups in total.